The average Bonchev–Trinajstić information content (AvgIpc) is 3.04. The Morgan fingerprint density at radius 1 is 1.21 bits per heavy atom. The first kappa shape index (κ1) is 15.8. The number of nitrogens with zero attached hydrogens (tertiary/aromatic N) is 1. The van der Waals surface area contributed by atoms with Crippen molar-refractivity contribution < 1.29 is 9.53 Å². The van der Waals surface area contributed by atoms with Crippen molar-refractivity contribution in [3.05, 3.63) is 65.9 Å². The summed E-state index contributed by atoms with van der Waals surface area (Å²) in [7, 11) is 1.62. The molecule has 2 N–H and O–H groups in total. The lowest BCUT2D eigenvalue weighted by Crippen LogP contribution is -2.17. The maximum absolute atomic E-state index is 11.9. The number of aromatic amines is 1. The molecule has 1 heterocycles. The van der Waals surface area contributed by atoms with Gasteiger partial charge in [0.1, 0.15) is 5.75 Å². The predicted octanol–water partition coefficient (Wildman–Crippen LogP) is 3.26. The molecule has 1 aromatic heterocycles. The number of methoxy groups -OCH3 is 1. The number of rotatable bonds is 6. The standard InChI is InChI=1S/C19H19N3O2/c1-24-16-9-6-14(7-10-16)12-21-22-19(23)11-8-15-13-20-18-5-3-2-4-17(15)18/h2-7,9-10,12-13,20H,8,11H2,1H3,(H,22,23)/b21-12+. The van der Waals surface area contributed by atoms with Crippen molar-refractivity contribution in [2.24, 2.45) is 5.10 Å². The van der Waals surface area contributed by atoms with Gasteiger partial charge >= 0.3 is 0 Å². The van der Waals surface area contributed by atoms with Gasteiger partial charge in [0.2, 0.25) is 5.91 Å². The number of aryl methyl sites for hydroxylation is 1. The Labute approximate surface area is 140 Å². The van der Waals surface area contributed by atoms with E-state index in [2.05, 4.69) is 21.6 Å². The molecule has 0 bridgehead atoms. The van der Waals surface area contributed by atoms with Crippen LogP contribution in [0.15, 0.2) is 59.8 Å². The first-order chi connectivity index (χ1) is 11.8. The Bertz CT molecular complexity index is 850. The normalized spacial score (nSPS) is 11.0. The molecule has 0 atom stereocenters. The quantitative estimate of drug-likeness (QED) is 0.540. The second kappa shape index (κ2) is 7.46. The highest BCUT2D eigenvalue weighted by molar-refractivity contribution is 5.85. The number of H-pyrrole nitrogens is 1. The summed E-state index contributed by atoms with van der Waals surface area (Å²) in [6.45, 7) is 0. The number of amides is 1. The van der Waals surface area contributed by atoms with E-state index in [0.29, 0.717) is 12.8 Å². The molecule has 0 saturated carbocycles. The van der Waals surface area contributed by atoms with Crippen LogP contribution in [0, 0.1) is 0 Å². The minimum absolute atomic E-state index is 0.106. The van der Waals surface area contributed by atoms with E-state index in [4.69, 9.17) is 4.74 Å². The molecule has 2 aromatic carbocycles. The zero-order chi connectivity index (χ0) is 16.8. The van der Waals surface area contributed by atoms with Crippen LogP contribution in [0.4, 0.5) is 0 Å². The fourth-order valence-electron chi connectivity index (χ4n) is 2.51. The summed E-state index contributed by atoms with van der Waals surface area (Å²) in [5, 5.41) is 5.15. The van der Waals surface area contributed by atoms with Crippen LogP contribution in [-0.4, -0.2) is 24.2 Å². The number of carbonyl (C=O) groups is 1. The molecule has 0 radical (unpaired) electrons. The minimum Gasteiger partial charge on any atom is -0.497 e. The summed E-state index contributed by atoms with van der Waals surface area (Å²) in [6.07, 6.45) is 4.64. The van der Waals surface area contributed by atoms with Gasteiger partial charge in [-0.25, -0.2) is 5.43 Å². The molecule has 0 unspecified atom stereocenters. The van der Waals surface area contributed by atoms with Crippen molar-refractivity contribution in [1.29, 1.82) is 0 Å². The number of carbonyl (C=O) groups excluding carboxylic acids is 1. The van der Waals surface area contributed by atoms with Crippen molar-refractivity contribution in [3.63, 3.8) is 0 Å². The van der Waals surface area contributed by atoms with Crippen LogP contribution in [0.3, 0.4) is 0 Å². The van der Waals surface area contributed by atoms with E-state index in [1.807, 2.05) is 48.7 Å². The predicted molar refractivity (Wildman–Crippen MR) is 95.4 cm³/mol. The van der Waals surface area contributed by atoms with Crippen molar-refractivity contribution in [3.8, 4) is 5.75 Å². The van der Waals surface area contributed by atoms with Gasteiger partial charge in [-0.15, -0.1) is 0 Å². The molecule has 3 rings (SSSR count). The highest BCUT2D eigenvalue weighted by atomic mass is 16.5. The van der Waals surface area contributed by atoms with Gasteiger partial charge in [-0.1, -0.05) is 18.2 Å². The monoisotopic (exact) mass is 321 g/mol. The molecule has 0 aliphatic carbocycles. The summed E-state index contributed by atoms with van der Waals surface area (Å²) in [6, 6.07) is 15.5. The maximum Gasteiger partial charge on any atom is 0.240 e. The molecule has 1 amide bonds. The largest absolute Gasteiger partial charge is 0.497 e. The summed E-state index contributed by atoms with van der Waals surface area (Å²) >= 11 is 0. The lowest BCUT2D eigenvalue weighted by atomic mass is 10.1. The maximum atomic E-state index is 11.9. The van der Waals surface area contributed by atoms with Crippen molar-refractivity contribution in [2.45, 2.75) is 12.8 Å². The number of benzene rings is 2. The summed E-state index contributed by atoms with van der Waals surface area (Å²) < 4.78 is 5.09. The number of para-hydroxylation sites is 1. The Balaban J connectivity index is 1.51. The van der Waals surface area contributed by atoms with Crippen LogP contribution >= 0.6 is 0 Å². The van der Waals surface area contributed by atoms with E-state index < -0.39 is 0 Å². The minimum atomic E-state index is -0.106. The smallest absolute Gasteiger partial charge is 0.240 e. The number of aromatic nitrogens is 1. The van der Waals surface area contributed by atoms with Crippen molar-refractivity contribution in [2.75, 3.05) is 7.11 Å². The lowest BCUT2D eigenvalue weighted by molar-refractivity contribution is -0.121. The molecule has 0 fully saturated rings. The van der Waals surface area contributed by atoms with Crippen molar-refractivity contribution in [1.82, 2.24) is 10.4 Å². The van der Waals surface area contributed by atoms with Gasteiger partial charge in [-0.05, 0) is 47.9 Å². The topological polar surface area (TPSA) is 66.5 Å². The van der Waals surface area contributed by atoms with E-state index in [1.54, 1.807) is 13.3 Å². The number of hydrazone groups is 1. The summed E-state index contributed by atoms with van der Waals surface area (Å²) in [5.74, 6) is 0.681. The second-order valence-corrected chi connectivity index (χ2v) is 5.43. The highest BCUT2D eigenvalue weighted by Gasteiger charge is 2.05. The third-order valence-electron chi connectivity index (χ3n) is 3.81. The molecule has 5 heteroatoms. The molecule has 5 nitrogen and oxygen atoms in total. The van der Waals surface area contributed by atoms with E-state index >= 15 is 0 Å². The molecule has 3 aromatic rings. The molecule has 0 aliphatic rings. The first-order valence-electron chi connectivity index (χ1n) is 7.77. The summed E-state index contributed by atoms with van der Waals surface area (Å²) in [5.41, 5.74) is 5.68. The van der Waals surface area contributed by atoms with Gasteiger partial charge in [-0.3, -0.25) is 4.79 Å². The lowest BCUT2D eigenvalue weighted by Gasteiger charge is -2.01. The van der Waals surface area contributed by atoms with Crippen LogP contribution in [-0.2, 0) is 11.2 Å². The van der Waals surface area contributed by atoms with Gasteiger partial charge in [0, 0.05) is 23.5 Å². The van der Waals surface area contributed by atoms with Gasteiger partial charge in [0.25, 0.3) is 0 Å². The molecule has 0 spiro atoms. The molecular formula is C19H19N3O2. The average molecular weight is 321 g/mol. The zero-order valence-corrected chi connectivity index (χ0v) is 13.5. The van der Waals surface area contributed by atoms with E-state index in [0.717, 1.165) is 27.8 Å². The Hall–Kier alpha value is -3.08. The number of hydrogen-bond donors (Lipinski definition) is 2. The van der Waals surface area contributed by atoms with E-state index in [1.165, 1.54) is 0 Å². The van der Waals surface area contributed by atoms with Gasteiger partial charge in [0.15, 0.2) is 0 Å². The van der Waals surface area contributed by atoms with E-state index in [9.17, 15) is 4.79 Å². The number of fused-ring (bicyclic) bond motifs is 1. The van der Waals surface area contributed by atoms with Gasteiger partial charge < -0.3 is 9.72 Å². The van der Waals surface area contributed by atoms with Crippen LogP contribution in [0.25, 0.3) is 10.9 Å². The summed E-state index contributed by atoms with van der Waals surface area (Å²) in [4.78, 5) is 15.1. The fraction of sp³-hybridized carbons (Fsp3) is 0.158. The third kappa shape index (κ3) is 3.81. The number of ether oxygens (including phenoxy) is 1. The van der Waals surface area contributed by atoms with Crippen LogP contribution < -0.4 is 10.2 Å². The van der Waals surface area contributed by atoms with E-state index in [-0.39, 0.29) is 5.91 Å². The van der Waals surface area contributed by atoms with Crippen LogP contribution in [0.2, 0.25) is 0 Å². The SMILES string of the molecule is COc1ccc(/C=N/NC(=O)CCc2c[nH]c3ccccc23)cc1. The van der Waals surface area contributed by atoms with Crippen molar-refractivity contribution >= 4 is 23.0 Å². The van der Waals surface area contributed by atoms with Gasteiger partial charge in [-0.2, -0.15) is 5.10 Å². The second-order valence-electron chi connectivity index (χ2n) is 5.43. The zero-order valence-electron chi connectivity index (χ0n) is 13.5. The fourth-order valence-corrected chi connectivity index (χ4v) is 2.51. The number of hydrogen-bond acceptors (Lipinski definition) is 3. The Morgan fingerprint density at radius 3 is 2.79 bits per heavy atom. The Morgan fingerprint density at radius 2 is 2.00 bits per heavy atom. The Kier molecular flexibility index (Phi) is 4.91. The third-order valence-corrected chi connectivity index (χ3v) is 3.81. The van der Waals surface area contributed by atoms with Gasteiger partial charge in [0.05, 0.1) is 13.3 Å². The molecule has 0 aliphatic heterocycles. The first-order valence-corrected chi connectivity index (χ1v) is 7.77. The van der Waals surface area contributed by atoms with Crippen LogP contribution in [0.5, 0.6) is 5.75 Å². The van der Waals surface area contributed by atoms with Crippen LogP contribution in [0.1, 0.15) is 17.5 Å². The molecule has 122 valence electrons. The highest BCUT2D eigenvalue weighted by Crippen LogP contribution is 2.18. The molecule has 24 heavy (non-hydrogen) atoms. The number of nitrogens with one attached hydrogen (secondary N) is 2. The molecular weight excluding hydrogens is 302 g/mol. The molecule has 0 saturated heterocycles.